The quantitative estimate of drug-likeness (QED) is 0.716. The summed E-state index contributed by atoms with van der Waals surface area (Å²) in [5, 5.41) is 8.73. The molecule has 21 heavy (non-hydrogen) atoms. The first-order chi connectivity index (χ1) is 10.1. The third-order valence-corrected chi connectivity index (χ3v) is 3.21. The van der Waals surface area contributed by atoms with Crippen molar-refractivity contribution in [3.8, 4) is 0 Å². The van der Waals surface area contributed by atoms with E-state index in [0.29, 0.717) is 19.6 Å². The smallest absolute Gasteiger partial charge is 0.305 e. The first kappa shape index (κ1) is 17.2. The Morgan fingerprint density at radius 2 is 1.86 bits per heavy atom. The molecule has 0 aliphatic rings. The van der Waals surface area contributed by atoms with E-state index in [4.69, 9.17) is 9.84 Å². The second-order valence-electron chi connectivity index (χ2n) is 4.86. The Balaban J connectivity index is 2.38. The lowest BCUT2D eigenvalue weighted by Crippen LogP contribution is -2.35. The summed E-state index contributed by atoms with van der Waals surface area (Å²) in [4.78, 5) is 24.3. The fourth-order valence-corrected chi connectivity index (χ4v) is 2.04. The van der Waals surface area contributed by atoms with E-state index >= 15 is 0 Å². The number of carboxylic acid groups (broad SMARTS) is 1. The molecule has 0 atom stereocenters. The van der Waals surface area contributed by atoms with Crippen LogP contribution in [-0.4, -0.2) is 48.7 Å². The van der Waals surface area contributed by atoms with Crippen LogP contribution in [-0.2, 0) is 20.7 Å². The normalized spacial score (nSPS) is 10.3. The Labute approximate surface area is 125 Å². The van der Waals surface area contributed by atoms with E-state index in [1.807, 2.05) is 30.3 Å². The van der Waals surface area contributed by atoms with Crippen molar-refractivity contribution in [2.45, 2.75) is 25.7 Å². The average molecular weight is 293 g/mol. The van der Waals surface area contributed by atoms with Crippen molar-refractivity contribution in [3.63, 3.8) is 0 Å². The van der Waals surface area contributed by atoms with Gasteiger partial charge in [-0.3, -0.25) is 9.59 Å². The van der Waals surface area contributed by atoms with E-state index in [2.05, 4.69) is 0 Å². The van der Waals surface area contributed by atoms with Gasteiger partial charge in [0.25, 0.3) is 0 Å². The number of amides is 1. The molecular weight excluding hydrogens is 270 g/mol. The lowest BCUT2D eigenvalue weighted by molar-refractivity contribution is -0.138. The van der Waals surface area contributed by atoms with E-state index in [1.165, 1.54) is 5.56 Å². The van der Waals surface area contributed by atoms with Crippen LogP contribution in [0.5, 0.6) is 0 Å². The SMILES string of the molecule is COCCN(CCC(=O)O)C(=O)CCCc1ccccc1. The molecule has 1 rings (SSSR count). The van der Waals surface area contributed by atoms with Crippen LogP contribution in [0.4, 0.5) is 0 Å². The third-order valence-electron chi connectivity index (χ3n) is 3.21. The molecule has 0 spiro atoms. The largest absolute Gasteiger partial charge is 0.481 e. The number of hydrogen-bond donors (Lipinski definition) is 1. The molecule has 0 fully saturated rings. The average Bonchev–Trinajstić information content (AvgIpc) is 2.48. The van der Waals surface area contributed by atoms with E-state index in [1.54, 1.807) is 12.0 Å². The molecule has 0 saturated carbocycles. The van der Waals surface area contributed by atoms with Crippen molar-refractivity contribution in [2.24, 2.45) is 0 Å². The minimum absolute atomic E-state index is 0.00997. The summed E-state index contributed by atoms with van der Waals surface area (Å²) in [6.45, 7) is 1.10. The first-order valence-electron chi connectivity index (χ1n) is 7.16. The van der Waals surface area contributed by atoms with Gasteiger partial charge in [-0.15, -0.1) is 0 Å². The number of carboxylic acids is 1. The minimum Gasteiger partial charge on any atom is -0.481 e. The zero-order valence-corrected chi connectivity index (χ0v) is 12.5. The van der Waals surface area contributed by atoms with E-state index in [-0.39, 0.29) is 18.9 Å². The number of carbonyl (C=O) groups is 2. The van der Waals surface area contributed by atoms with Crippen molar-refractivity contribution in [1.29, 1.82) is 0 Å². The molecule has 0 aliphatic carbocycles. The van der Waals surface area contributed by atoms with Crippen LogP contribution in [0.15, 0.2) is 30.3 Å². The van der Waals surface area contributed by atoms with E-state index in [9.17, 15) is 9.59 Å². The van der Waals surface area contributed by atoms with Crippen LogP contribution in [0, 0.1) is 0 Å². The molecule has 1 N–H and O–H groups in total. The third kappa shape index (κ3) is 7.46. The standard InChI is InChI=1S/C16H23NO4/c1-21-13-12-17(11-10-16(19)20)15(18)9-5-8-14-6-3-2-4-7-14/h2-4,6-7H,5,8-13H2,1H3,(H,19,20). The topological polar surface area (TPSA) is 66.8 Å². The van der Waals surface area contributed by atoms with Crippen LogP contribution in [0.1, 0.15) is 24.8 Å². The van der Waals surface area contributed by atoms with Gasteiger partial charge in [0.05, 0.1) is 13.0 Å². The van der Waals surface area contributed by atoms with Gasteiger partial charge >= 0.3 is 5.97 Å². The summed E-state index contributed by atoms with van der Waals surface area (Å²) in [6.07, 6.45) is 2.01. The lowest BCUT2D eigenvalue weighted by Gasteiger charge is -2.21. The Bertz CT molecular complexity index is 433. The van der Waals surface area contributed by atoms with Gasteiger partial charge in [0.2, 0.25) is 5.91 Å². The highest BCUT2D eigenvalue weighted by molar-refractivity contribution is 5.77. The Hall–Kier alpha value is -1.88. The Kier molecular flexibility index (Phi) is 8.12. The molecule has 0 heterocycles. The maximum absolute atomic E-state index is 12.1. The second kappa shape index (κ2) is 9.94. The fourth-order valence-electron chi connectivity index (χ4n) is 2.04. The van der Waals surface area contributed by atoms with Crippen molar-refractivity contribution >= 4 is 11.9 Å². The molecule has 5 heteroatoms. The van der Waals surface area contributed by atoms with Gasteiger partial charge in [-0.05, 0) is 18.4 Å². The predicted octanol–water partition coefficient (Wildman–Crippen LogP) is 1.96. The first-order valence-corrected chi connectivity index (χ1v) is 7.16. The van der Waals surface area contributed by atoms with E-state index in [0.717, 1.165) is 12.8 Å². The van der Waals surface area contributed by atoms with Crippen LogP contribution >= 0.6 is 0 Å². The van der Waals surface area contributed by atoms with Crippen LogP contribution < -0.4 is 0 Å². The lowest BCUT2D eigenvalue weighted by atomic mass is 10.1. The summed E-state index contributed by atoms with van der Waals surface area (Å²) >= 11 is 0. The molecule has 0 aromatic heterocycles. The molecule has 0 aliphatic heterocycles. The van der Waals surface area contributed by atoms with Crippen LogP contribution in [0.2, 0.25) is 0 Å². The zero-order chi connectivity index (χ0) is 15.5. The molecule has 1 aromatic rings. The highest BCUT2D eigenvalue weighted by Crippen LogP contribution is 2.07. The molecule has 0 bridgehead atoms. The molecule has 0 unspecified atom stereocenters. The summed E-state index contributed by atoms with van der Waals surface area (Å²) in [5.74, 6) is -0.904. The summed E-state index contributed by atoms with van der Waals surface area (Å²) in [7, 11) is 1.56. The molecular formula is C16H23NO4. The maximum Gasteiger partial charge on any atom is 0.305 e. The predicted molar refractivity (Wildman–Crippen MR) is 80.1 cm³/mol. The number of benzene rings is 1. The molecule has 1 amide bonds. The number of carbonyl (C=O) groups excluding carboxylic acids is 1. The van der Waals surface area contributed by atoms with Gasteiger partial charge in [0.1, 0.15) is 0 Å². The summed E-state index contributed by atoms with van der Waals surface area (Å²) < 4.78 is 4.96. The molecule has 5 nitrogen and oxygen atoms in total. The highest BCUT2D eigenvalue weighted by Gasteiger charge is 2.14. The highest BCUT2D eigenvalue weighted by atomic mass is 16.5. The van der Waals surface area contributed by atoms with Crippen molar-refractivity contribution in [2.75, 3.05) is 26.8 Å². The number of rotatable bonds is 10. The number of ether oxygens (including phenoxy) is 1. The maximum atomic E-state index is 12.1. The Morgan fingerprint density at radius 3 is 2.48 bits per heavy atom. The van der Waals surface area contributed by atoms with Crippen molar-refractivity contribution in [3.05, 3.63) is 35.9 Å². The van der Waals surface area contributed by atoms with Gasteiger partial charge in [0.15, 0.2) is 0 Å². The number of hydrogen-bond acceptors (Lipinski definition) is 3. The molecule has 0 saturated heterocycles. The second-order valence-corrected chi connectivity index (χ2v) is 4.86. The molecule has 0 radical (unpaired) electrons. The number of aryl methyl sites for hydroxylation is 1. The van der Waals surface area contributed by atoms with E-state index < -0.39 is 5.97 Å². The number of aliphatic carboxylic acids is 1. The van der Waals surface area contributed by atoms with Crippen molar-refractivity contribution in [1.82, 2.24) is 4.90 Å². The Morgan fingerprint density at radius 1 is 1.14 bits per heavy atom. The van der Waals surface area contributed by atoms with Crippen molar-refractivity contribution < 1.29 is 19.4 Å². The fraction of sp³-hybridized carbons (Fsp3) is 0.500. The van der Waals surface area contributed by atoms with Gasteiger partial charge in [-0.2, -0.15) is 0 Å². The minimum atomic E-state index is -0.894. The summed E-state index contributed by atoms with van der Waals surface area (Å²) in [5.41, 5.74) is 1.21. The van der Waals surface area contributed by atoms with Crippen LogP contribution in [0.3, 0.4) is 0 Å². The molecule has 1 aromatic carbocycles. The molecule has 116 valence electrons. The van der Waals surface area contributed by atoms with Gasteiger partial charge in [-0.25, -0.2) is 0 Å². The van der Waals surface area contributed by atoms with Gasteiger partial charge in [0, 0.05) is 26.6 Å². The van der Waals surface area contributed by atoms with Gasteiger partial charge in [-0.1, -0.05) is 30.3 Å². The number of nitrogens with zero attached hydrogens (tertiary/aromatic N) is 1. The summed E-state index contributed by atoms with van der Waals surface area (Å²) in [6, 6.07) is 10.0. The van der Waals surface area contributed by atoms with Crippen LogP contribution in [0.25, 0.3) is 0 Å². The monoisotopic (exact) mass is 293 g/mol. The zero-order valence-electron chi connectivity index (χ0n) is 12.5. The number of methoxy groups -OCH3 is 1. The van der Waals surface area contributed by atoms with Gasteiger partial charge < -0.3 is 14.7 Å².